The summed E-state index contributed by atoms with van der Waals surface area (Å²) < 4.78 is 10.0. The SMILES string of the molecule is COc1cccc(-c2nc(C(C)=O)no2)c1. The number of hydrogen-bond donors (Lipinski definition) is 0. The lowest BCUT2D eigenvalue weighted by molar-refractivity contribution is 0.100. The van der Waals surface area contributed by atoms with Crippen LogP contribution in [0, 0.1) is 0 Å². The Morgan fingerprint density at radius 1 is 1.44 bits per heavy atom. The second-order valence-corrected chi connectivity index (χ2v) is 3.21. The largest absolute Gasteiger partial charge is 0.497 e. The van der Waals surface area contributed by atoms with E-state index in [0.29, 0.717) is 11.6 Å². The molecule has 1 aromatic heterocycles. The lowest BCUT2D eigenvalue weighted by Crippen LogP contribution is -1.94. The van der Waals surface area contributed by atoms with Gasteiger partial charge in [0.2, 0.25) is 11.6 Å². The Labute approximate surface area is 92.0 Å². The smallest absolute Gasteiger partial charge is 0.258 e. The Bertz CT molecular complexity index is 519. The number of Topliss-reactive ketones (excluding diaryl/α,β-unsaturated/α-hetero) is 1. The molecule has 0 N–H and O–H groups in total. The molecule has 0 aliphatic rings. The maximum Gasteiger partial charge on any atom is 0.258 e. The van der Waals surface area contributed by atoms with E-state index in [2.05, 4.69) is 10.1 Å². The molecule has 1 heterocycles. The number of ketones is 1. The third-order valence-electron chi connectivity index (χ3n) is 2.06. The van der Waals surface area contributed by atoms with Gasteiger partial charge in [-0.05, 0) is 18.2 Å². The quantitative estimate of drug-likeness (QED) is 0.736. The Kier molecular flexibility index (Phi) is 2.68. The number of benzene rings is 1. The fraction of sp³-hybridized carbons (Fsp3) is 0.182. The number of ether oxygens (including phenoxy) is 1. The molecule has 0 spiro atoms. The van der Waals surface area contributed by atoms with E-state index >= 15 is 0 Å². The predicted molar refractivity (Wildman–Crippen MR) is 56.3 cm³/mol. The summed E-state index contributed by atoms with van der Waals surface area (Å²) in [6, 6.07) is 7.19. The van der Waals surface area contributed by atoms with Gasteiger partial charge in [0.25, 0.3) is 5.89 Å². The van der Waals surface area contributed by atoms with Crippen LogP contribution in [0.1, 0.15) is 17.5 Å². The first-order valence-electron chi connectivity index (χ1n) is 4.70. The van der Waals surface area contributed by atoms with Crippen LogP contribution in [-0.4, -0.2) is 23.0 Å². The molecule has 0 radical (unpaired) electrons. The Morgan fingerprint density at radius 2 is 2.25 bits per heavy atom. The molecule has 0 saturated carbocycles. The van der Waals surface area contributed by atoms with Gasteiger partial charge >= 0.3 is 0 Å². The molecule has 2 rings (SSSR count). The van der Waals surface area contributed by atoms with Crippen molar-refractivity contribution in [1.82, 2.24) is 10.1 Å². The molecule has 0 amide bonds. The van der Waals surface area contributed by atoms with Gasteiger partial charge in [0.15, 0.2) is 0 Å². The number of hydrogen-bond acceptors (Lipinski definition) is 5. The molecule has 82 valence electrons. The molecular weight excluding hydrogens is 208 g/mol. The summed E-state index contributed by atoms with van der Waals surface area (Å²) in [6.45, 7) is 1.39. The van der Waals surface area contributed by atoms with E-state index in [1.54, 1.807) is 19.2 Å². The van der Waals surface area contributed by atoms with Gasteiger partial charge in [-0.1, -0.05) is 11.2 Å². The van der Waals surface area contributed by atoms with Crippen molar-refractivity contribution in [3.8, 4) is 17.2 Å². The highest BCUT2D eigenvalue weighted by Gasteiger charge is 2.12. The van der Waals surface area contributed by atoms with Gasteiger partial charge in [0, 0.05) is 12.5 Å². The van der Waals surface area contributed by atoms with Crippen molar-refractivity contribution in [3.05, 3.63) is 30.1 Å². The molecule has 1 aromatic carbocycles. The number of rotatable bonds is 3. The van der Waals surface area contributed by atoms with E-state index in [0.717, 1.165) is 5.56 Å². The first-order valence-corrected chi connectivity index (χ1v) is 4.70. The van der Waals surface area contributed by atoms with Gasteiger partial charge < -0.3 is 9.26 Å². The fourth-order valence-corrected chi connectivity index (χ4v) is 1.24. The standard InChI is InChI=1S/C11H10N2O3/c1-7(14)10-12-11(16-13-10)8-4-3-5-9(6-8)15-2/h3-6H,1-2H3. The van der Waals surface area contributed by atoms with Crippen LogP contribution < -0.4 is 4.74 Å². The second kappa shape index (κ2) is 4.14. The maximum absolute atomic E-state index is 11.0. The van der Waals surface area contributed by atoms with E-state index in [-0.39, 0.29) is 11.6 Å². The second-order valence-electron chi connectivity index (χ2n) is 3.21. The van der Waals surface area contributed by atoms with Crippen molar-refractivity contribution in [1.29, 1.82) is 0 Å². The Hall–Kier alpha value is -2.17. The minimum absolute atomic E-state index is 0.0813. The van der Waals surface area contributed by atoms with Gasteiger partial charge in [-0.15, -0.1) is 0 Å². The number of aromatic nitrogens is 2. The zero-order valence-corrected chi connectivity index (χ0v) is 8.93. The minimum atomic E-state index is -0.224. The highest BCUT2D eigenvalue weighted by Crippen LogP contribution is 2.22. The lowest BCUT2D eigenvalue weighted by atomic mass is 10.2. The zero-order valence-electron chi connectivity index (χ0n) is 8.93. The van der Waals surface area contributed by atoms with Gasteiger partial charge in [-0.2, -0.15) is 4.98 Å². The van der Waals surface area contributed by atoms with Crippen LogP contribution in [0.3, 0.4) is 0 Å². The first kappa shape index (κ1) is 10.4. The van der Waals surface area contributed by atoms with Crippen molar-refractivity contribution >= 4 is 5.78 Å². The van der Waals surface area contributed by atoms with Crippen molar-refractivity contribution in [2.24, 2.45) is 0 Å². The predicted octanol–water partition coefficient (Wildman–Crippen LogP) is 1.95. The molecule has 5 nitrogen and oxygen atoms in total. The van der Waals surface area contributed by atoms with E-state index in [4.69, 9.17) is 9.26 Å². The van der Waals surface area contributed by atoms with Gasteiger partial charge in [-0.3, -0.25) is 4.79 Å². The van der Waals surface area contributed by atoms with Gasteiger partial charge in [0.1, 0.15) is 5.75 Å². The van der Waals surface area contributed by atoms with Crippen LogP contribution in [0.15, 0.2) is 28.8 Å². The lowest BCUT2D eigenvalue weighted by Gasteiger charge is -1.99. The third-order valence-corrected chi connectivity index (χ3v) is 2.06. The normalized spacial score (nSPS) is 10.1. The van der Waals surface area contributed by atoms with E-state index in [1.165, 1.54) is 6.92 Å². The van der Waals surface area contributed by atoms with Crippen molar-refractivity contribution in [3.63, 3.8) is 0 Å². The van der Waals surface area contributed by atoms with E-state index in [1.807, 2.05) is 12.1 Å². The van der Waals surface area contributed by atoms with Crippen molar-refractivity contribution in [2.45, 2.75) is 6.92 Å². The monoisotopic (exact) mass is 218 g/mol. The summed E-state index contributed by atoms with van der Waals surface area (Å²) in [6.07, 6.45) is 0. The summed E-state index contributed by atoms with van der Waals surface area (Å²) in [4.78, 5) is 15.0. The first-order chi connectivity index (χ1) is 7.70. The van der Waals surface area contributed by atoms with Crippen LogP contribution in [-0.2, 0) is 0 Å². The van der Waals surface area contributed by atoms with E-state index < -0.39 is 0 Å². The minimum Gasteiger partial charge on any atom is -0.497 e. The van der Waals surface area contributed by atoms with E-state index in [9.17, 15) is 4.79 Å². The van der Waals surface area contributed by atoms with Crippen molar-refractivity contribution in [2.75, 3.05) is 7.11 Å². The maximum atomic E-state index is 11.0. The average molecular weight is 218 g/mol. The van der Waals surface area contributed by atoms with Crippen LogP contribution >= 0.6 is 0 Å². The number of carbonyl (C=O) groups is 1. The molecule has 2 aromatic rings. The summed E-state index contributed by atoms with van der Waals surface area (Å²) in [5.41, 5.74) is 0.722. The van der Waals surface area contributed by atoms with Crippen LogP contribution in [0.4, 0.5) is 0 Å². The third kappa shape index (κ3) is 1.93. The molecule has 0 bridgehead atoms. The Balaban J connectivity index is 2.38. The average Bonchev–Trinajstić information content (AvgIpc) is 2.78. The molecule has 16 heavy (non-hydrogen) atoms. The molecule has 0 aliphatic heterocycles. The van der Waals surface area contributed by atoms with Gasteiger partial charge in [0.05, 0.1) is 7.11 Å². The zero-order chi connectivity index (χ0) is 11.5. The molecule has 0 atom stereocenters. The molecule has 0 fully saturated rings. The molecule has 0 aliphatic carbocycles. The molecule has 0 unspecified atom stereocenters. The highest BCUT2D eigenvalue weighted by atomic mass is 16.5. The van der Waals surface area contributed by atoms with Crippen LogP contribution in [0.25, 0.3) is 11.5 Å². The van der Waals surface area contributed by atoms with Crippen molar-refractivity contribution < 1.29 is 14.1 Å². The summed E-state index contributed by atoms with van der Waals surface area (Å²) >= 11 is 0. The topological polar surface area (TPSA) is 65.2 Å². The summed E-state index contributed by atoms with van der Waals surface area (Å²) in [5, 5.41) is 3.57. The summed E-state index contributed by atoms with van der Waals surface area (Å²) in [7, 11) is 1.58. The summed E-state index contributed by atoms with van der Waals surface area (Å²) in [5.74, 6) is 0.861. The van der Waals surface area contributed by atoms with Gasteiger partial charge in [-0.25, -0.2) is 0 Å². The molecular formula is C11H10N2O3. The fourth-order valence-electron chi connectivity index (χ4n) is 1.24. The molecule has 5 heteroatoms. The molecule has 0 saturated heterocycles. The Morgan fingerprint density at radius 3 is 2.88 bits per heavy atom. The highest BCUT2D eigenvalue weighted by molar-refractivity contribution is 5.90. The number of methoxy groups -OCH3 is 1. The van der Waals surface area contributed by atoms with Crippen LogP contribution in [0.2, 0.25) is 0 Å². The number of nitrogens with zero attached hydrogens (tertiary/aromatic N) is 2. The number of carbonyl (C=O) groups excluding carboxylic acids is 1. The van der Waals surface area contributed by atoms with Crippen LogP contribution in [0.5, 0.6) is 5.75 Å².